The van der Waals surface area contributed by atoms with Crippen molar-refractivity contribution in [2.45, 2.75) is 20.3 Å². The first-order valence-corrected chi connectivity index (χ1v) is 5.22. The van der Waals surface area contributed by atoms with Crippen LogP contribution < -0.4 is 0 Å². The predicted molar refractivity (Wildman–Crippen MR) is 62.0 cm³/mol. The average molecular weight is 184 g/mol. The van der Waals surface area contributed by atoms with E-state index in [1.54, 1.807) is 0 Å². The van der Waals surface area contributed by atoms with Gasteiger partial charge in [-0.15, -0.1) is 0 Å². The van der Waals surface area contributed by atoms with E-state index < -0.39 is 0 Å². The van der Waals surface area contributed by atoms with Crippen molar-refractivity contribution in [3.8, 4) is 0 Å². The van der Waals surface area contributed by atoms with Crippen LogP contribution in [0.15, 0.2) is 59.3 Å². The van der Waals surface area contributed by atoms with Crippen LogP contribution in [0.25, 0.3) is 0 Å². The van der Waals surface area contributed by atoms with Crippen LogP contribution in [0.1, 0.15) is 20.3 Å². The summed E-state index contributed by atoms with van der Waals surface area (Å²) in [6.07, 6.45) is 16.7. The minimum absolute atomic E-state index is 0.606. The minimum Gasteiger partial charge on any atom is -0.0841 e. The van der Waals surface area contributed by atoms with Gasteiger partial charge >= 0.3 is 0 Å². The van der Waals surface area contributed by atoms with Gasteiger partial charge in [-0.2, -0.15) is 0 Å². The van der Waals surface area contributed by atoms with Crippen LogP contribution in [-0.4, -0.2) is 0 Å². The molecule has 0 bridgehead atoms. The van der Waals surface area contributed by atoms with Gasteiger partial charge in [-0.1, -0.05) is 42.5 Å². The Kier molecular flexibility index (Phi) is 2.53. The van der Waals surface area contributed by atoms with Gasteiger partial charge in [0.1, 0.15) is 0 Å². The van der Waals surface area contributed by atoms with Gasteiger partial charge in [0, 0.05) is 5.92 Å². The van der Waals surface area contributed by atoms with Crippen molar-refractivity contribution in [1.82, 2.24) is 0 Å². The lowest BCUT2D eigenvalue weighted by atomic mass is 9.82. The first kappa shape index (κ1) is 9.26. The monoisotopic (exact) mass is 184 g/mol. The Morgan fingerprint density at radius 1 is 1.36 bits per heavy atom. The van der Waals surface area contributed by atoms with Crippen LogP contribution in [0.5, 0.6) is 0 Å². The Morgan fingerprint density at radius 2 is 2.21 bits per heavy atom. The molecule has 14 heavy (non-hydrogen) atoms. The third-order valence-electron chi connectivity index (χ3n) is 2.97. The number of hydrogen-bond acceptors (Lipinski definition) is 0. The van der Waals surface area contributed by atoms with Gasteiger partial charge in [0.2, 0.25) is 0 Å². The van der Waals surface area contributed by atoms with E-state index in [-0.39, 0.29) is 0 Å². The molecule has 0 heteroatoms. The SMILES string of the molecule is C/C=C(\C)C1=C2C=CC=CC2CC=C1. The molecule has 0 aromatic carbocycles. The van der Waals surface area contributed by atoms with E-state index in [0.29, 0.717) is 5.92 Å². The molecular formula is C14H16. The highest BCUT2D eigenvalue weighted by atomic mass is 14.2. The van der Waals surface area contributed by atoms with Gasteiger partial charge in [-0.25, -0.2) is 0 Å². The van der Waals surface area contributed by atoms with Gasteiger partial charge in [0.05, 0.1) is 0 Å². The van der Waals surface area contributed by atoms with Crippen molar-refractivity contribution in [3.05, 3.63) is 59.3 Å². The largest absolute Gasteiger partial charge is 0.0841 e. The fraction of sp³-hybridized carbons (Fsp3) is 0.286. The molecule has 1 unspecified atom stereocenters. The van der Waals surface area contributed by atoms with E-state index in [0.717, 1.165) is 6.42 Å². The van der Waals surface area contributed by atoms with E-state index >= 15 is 0 Å². The molecule has 0 nitrogen and oxygen atoms in total. The Labute approximate surface area is 86.0 Å². The highest BCUT2D eigenvalue weighted by Crippen LogP contribution is 2.32. The van der Waals surface area contributed by atoms with Crippen molar-refractivity contribution in [2.75, 3.05) is 0 Å². The highest BCUT2D eigenvalue weighted by molar-refractivity contribution is 5.52. The number of rotatable bonds is 1. The molecule has 2 aliphatic carbocycles. The summed E-state index contributed by atoms with van der Waals surface area (Å²) in [6.45, 7) is 4.28. The fourth-order valence-electron chi connectivity index (χ4n) is 2.02. The second-order valence-electron chi connectivity index (χ2n) is 3.83. The molecule has 0 saturated heterocycles. The van der Waals surface area contributed by atoms with Crippen molar-refractivity contribution >= 4 is 0 Å². The van der Waals surface area contributed by atoms with Crippen LogP contribution in [0, 0.1) is 5.92 Å². The second kappa shape index (κ2) is 3.83. The molecule has 0 aromatic rings. The molecule has 2 rings (SSSR count). The third-order valence-corrected chi connectivity index (χ3v) is 2.97. The van der Waals surface area contributed by atoms with Crippen LogP contribution in [0.2, 0.25) is 0 Å². The molecule has 0 fully saturated rings. The maximum absolute atomic E-state index is 2.29. The Hall–Kier alpha value is -1.30. The standard InChI is InChI=1S/C14H16/c1-3-11(2)13-10-6-8-12-7-4-5-9-14(12)13/h3-7,9-10,12H,8H2,1-2H3/b11-3+. The molecule has 0 aliphatic heterocycles. The highest BCUT2D eigenvalue weighted by Gasteiger charge is 2.17. The smallest absolute Gasteiger partial charge is 0.00617 e. The molecule has 0 radical (unpaired) electrons. The van der Waals surface area contributed by atoms with Crippen molar-refractivity contribution < 1.29 is 0 Å². The molecule has 0 N–H and O–H groups in total. The molecular weight excluding hydrogens is 168 g/mol. The van der Waals surface area contributed by atoms with E-state index in [4.69, 9.17) is 0 Å². The van der Waals surface area contributed by atoms with Gasteiger partial charge in [0.25, 0.3) is 0 Å². The van der Waals surface area contributed by atoms with E-state index in [2.05, 4.69) is 56.4 Å². The van der Waals surface area contributed by atoms with Crippen molar-refractivity contribution in [1.29, 1.82) is 0 Å². The summed E-state index contributed by atoms with van der Waals surface area (Å²) >= 11 is 0. The lowest BCUT2D eigenvalue weighted by Crippen LogP contribution is -2.07. The average Bonchev–Trinajstić information content (AvgIpc) is 2.27. The zero-order valence-electron chi connectivity index (χ0n) is 8.83. The van der Waals surface area contributed by atoms with E-state index in [1.165, 1.54) is 16.7 Å². The minimum atomic E-state index is 0.606. The third kappa shape index (κ3) is 1.52. The Balaban J connectivity index is 2.46. The molecule has 0 spiro atoms. The van der Waals surface area contributed by atoms with Crippen LogP contribution >= 0.6 is 0 Å². The van der Waals surface area contributed by atoms with Gasteiger partial charge in [-0.05, 0) is 37.0 Å². The quantitative estimate of drug-likeness (QED) is 0.579. The molecule has 1 atom stereocenters. The summed E-state index contributed by atoms with van der Waals surface area (Å²) in [5.74, 6) is 0.606. The number of allylic oxidation sites excluding steroid dienone is 10. The van der Waals surface area contributed by atoms with Crippen LogP contribution in [0.4, 0.5) is 0 Å². The summed E-state index contributed by atoms with van der Waals surface area (Å²) in [5.41, 5.74) is 4.26. The van der Waals surface area contributed by atoms with Crippen molar-refractivity contribution in [3.63, 3.8) is 0 Å². The lowest BCUT2D eigenvalue weighted by Gasteiger charge is -2.23. The summed E-state index contributed by atoms with van der Waals surface area (Å²) in [6, 6.07) is 0. The fourth-order valence-corrected chi connectivity index (χ4v) is 2.02. The normalized spacial score (nSPS) is 25.6. The topological polar surface area (TPSA) is 0 Å². The Morgan fingerprint density at radius 3 is 3.00 bits per heavy atom. The second-order valence-corrected chi connectivity index (χ2v) is 3.83. The van der Waals surface area contributed by atoms with Gasteiger partial charge in [-0.3, -0.25) is 0 Å². The molecule has 0 amide bonds. The van der Waals surface area contributed by atoms with Gasteiger partial charge in [0.15, 0.2) is 0 Å². The van der Waals surface area contributed by atoms with Crippen molar-refractivity contribution in [2.24, 2.45) is 5.92 Å². The van der Waals surface area contributed by atoms with Crippen LogP contribution in [0.3, 0.4) is 0 Å². The molecule has 0 aromatic heterocycles. The van der Waals surface area contributed by atoms with Crippen LogP contribution in [-0.2, 0) is 0 Å². The number of hydrogen-bond donors (Lipinski definition) is 0. The first-order valence-electron chi connectivity index (χ1n) is 5.22. The predicted octanol–water partition coefficient (Wildman–Crippen LogP) is 3.95. The Bertz CT molecular complexity index is 373. The summed E-state index contributed by atoms with van der Waals surface area (Å²) in [5, 5.41) is 0. The maximum atomic E-state index is 2.29. The molecule has 0 saturated carbocycles. The lowest BCUT2D eigenvalue weighted by molar-refractivity contribution is 0.770. The summed E-state index contributed by atoms with van der Waals surface area (Å²) in [7, 11) is 0. The molecule has 2 aliphatic rings. The summed E-state index contributed by atoms with van der Waals surface area (Å²) < 4.78 is 0. The van der Waals surface area contributed by atoms with E-state index in [9.17, 15) is 0 Å². The molecule has 72 valence electrons. The molecule has 0 heterocycles. The zero-order chi connectivity index (χ0) is 9.97. The first-order chi connectivity index (χ1) is 6.83. The summed E-state index contributed by atoms with van der Waals surface area (Å²) in [4.78, 5) is 0. The van der Waals surface area contributed by atoms with E-state index in [1.807, 2.05) is 0 Å². The maximum Gasteiger partial charge on any atom is 0.00617 e. The number of fused-ring (bicyclic) bond motifs is 1. The van der Waals surface area contributed by atoms with Gasteiger partial charge < -0.3 is 0 Å². The zero-order valence-corrected chi connectivity index (χ0v) is 8.83.